The number of esters is 1. The molecule has 0 spiro atoms. The van der Waals surface area contributed by atoms with Gasteiger partial charge in [-0.25, -0.2) is 8.42 Å². The zero-order valence-corrected chi connectivity index (χ0v) is 14.8. The Balaban J connectivity index is 2.42. The largest absolute Gasteiger partial charge is 0.468 e. The molecule has 0 aliphatic carbocycles. The number of methoxy groups -OCH3 is 1. The number of aryl methyl sites for hydroxylation is 2. The molecule has 0 saturated heterocycles. The monoisotopic (exact) mass is 347 g/mol. The van der Waals surface area contributed by atoms with Gasteiger partial charge in [0.1, 0.15) is 6.54 Å². The Morgan fingerprint density at radius 1 is 1.08 bits per heavy atom. The highest BCUT2D eigenvalue weighted by Crippen LogP contribution is 2.22. The second kappa shape index (κ2) is 7.59. The lowest BCUT2D eigenvalue weighted by molar-refractivity contribution is -0.140. The third-order valence-corrected chi connectivity index (χ3v) is 5.64. The summed E-state index contributed by atoms with van der Waals surface area (Å²) < 4.78 is 31.9. The molecule has 2 rings (SSSR count). The normalized spacial score (nSPS) is 11.5. The van der Waals surface area contributed by atoms with Crippen molar-refractivity contribution in [1.82, 2.24) is 4.31 Å². The van der Waals surface area contributed by atoms with Gasteiger partial charge in [0, 0.05) is 6.54 Å². The zero-order chi connectivity index (χ0) is 17.7. The highest BCUT2D eigenvalue weighted by molar-refractivity contribution is 7.89. The predicted molar refractivity (Wildman–Crippen MR) is 92.0 cm³/mol. The molecule has 0 atom stereocenters. The van der Waals surface area contributed by atoms with E-state index in [0.717, 1.165) is 15.4 Å². The van der Waals surface area contributed by atoms with E-state index in [1.54, 1.807) is 19.1 Å². The molecule has 0 heterocycles. The summed E-state index contributed by atoms with van der Waals surface area (Å²) in [6.45, 7) is 3.42. The molecule has 2 aromatic rings. The third-order valence-electron chi connectivity index (χ3n) is 3.68. The number of hydrogen-bond donors (Lipinski definition) is 0. The van der Waals surface area contributed by atoms with Crippen LogP contribution in [0, 0.1) is 13.8 Å². The first kappa shape index (κ1) is 18.2. The van der Waals surface area contributed by atoms with Crippen LogP contribution >= 0.6 is 0 Å². The Kier molecular flexibility index (Phi) is 5.75. The van der Waals surface area contributed by atoms with E-state index in [9.17, 15) is 13.2 Å². The molecule has 0 amide bonds. The molecule has 0 N–H and O–H groups in total. The van der Waals surface area contributed by atoms with Crippen molar-refractivity contribution in [3.63, 3.8) is 0 Å². The van der Waals surface area contributed by atoms with Crippen LogP contribution in [0.4, 0.5) is 0 Å². The summed E-state index contributed by atoms with van der Waals surface area (Å²) in [4.78, 5) is 11.9. The van der Waals surface area contributed by atoms with Crippen LogP contribution in [0.3, 0.4) is 0 Å². The van der Waals surface area contributed by atoms with Crippen molar-refractivity contribution in [3.8, 4) is 0 Å². The Hall–Kier alpha value is -2.18. The lowest BCUT2D eigenvalue weighted by atomic mass is 10.2. The van der Waals surface area contributed by atoms with Gasteiger partial charge in [0.05, 0.1) is 12.0 Å². The van der Waals surface area contributed by atoms with Crippen LogP contribution in [0.25, 0.3) is 0 Å². The lowest BCUT2D eigenvalue weighted by Gasteiger charge is -2.22. The number of ether oxygens (including phenoxy) is 1. The zero-order valence-electron chi connectivity index (χ0n) is 14.0. The molecule has 0 aliphatic heterocycles. The summed E-state index contributed by atoms with van der Waals surface area (Å²) in [6.07, 6.45) is 0. The average Bonchev–Trinajstić information content (AvgIpc) is 2.54. The molecule has 0 radical (unpaired) electrons. The molecule has 2 aromatic carbocycles. The smallest absolute Gasteiger partial charge is 0.321 e. The first-order valence-electron chi connectivity index (χ1n) is 7.52. The van der Waals surface area contributed by atoms with E-state index in [0.29, 0.717) is 5.56 Å². The van der Waals surface area contributed by atoms with Crippen LogP contribution in [0.2, 0.25) is 0 Å². The van der Waals surface area contributed by atoms with Crippen molar-refractivity contribution in [2.24, 2.45) is 0 Å². The number of hydrogen-bond acceptors (Lipinski definition) is 4. The molecular weight excluding hydrogens is 326 g/mol. The summed E-state index contributed by atoms with van der Waals surface area (Å²) >= 11 is 0. The van der Waals surface area contributed by atoms with Crippen molar-refractivity contribution in [3.05, 3.63) is 65.2 Å². The maximum atomic E-state index is 13.0. The Labute approximate surface area is 142 Å². The fourth-order valence-electron chi connectivity index (χ4n) is 2.45. The minimum atomic E-state index is -3.82. The van der Waals surface area contributed by atoms with Gasteiger partial charge in [0.2, 0.25) is 10.0 Å². The fourth-order valence-corrected chi connectivity index (χ4v) is 4.03. The van der Waals surface area contributed by atoms with E-state index < -0.39 is 16.0 Å². The summed E-state index contributed by atoms with van der Waals surface area (Å²) in [6, 6.07) is 14.3. The number of rotatable bonds is 6. The maximum absolute atomic E-state index is 13.0. The topological polar surface area (TPSA) is 63.7 Å². The predicted octanol–water partition coefficient (Wildman–Crippen LogP) is 2.67. The van der Waals surface area contributed by atoms with E-state index >= 15 is 0 Å². The van der Waals surface area contributed by atoms with E-state index in [2.05, 4.69) is 4.74 Å². The molecule has 128 valence electrons. The van der Waals surface area contributed by atoms with Crippen LogP contribution in [-0.4, -0.2) is 32.3 Å². The summed E-state index contributed by atoms with van der Waals surface area (Å²) in [5.41, 5.74) is 2.43. The third kappa shape index (κ3) is 4.21. The van der Waals surface area contributed by atoms with Gasteiger partial charge in [0.25, 0.3) is 0 Å². The quantitative estimate of drug-likeness (QED) is 0.754. The molecule has 0 unspecified atom stereocenters. The summed E-state index contributed by atoms with van der Waals surface area (Å²) in [5, 5.41) is 0. The van der Waals surface area contributed by atoms with Crippen LogP contribution in [0.5, 0.6) is 0 Å². The van der Waals surface area contributed by atoms with Crippen molar-refractivity contribution < 1.29 is 17.9 Å². The van der Waals surface area contributed by atoms with E-state index in [1.807, 2.05) is 43.3 Å². The molecule has 0 aromatic heterocycles. The molecule has 0 saturated carbocycles. The van der Waals surface area contributed by atoms with Gasteiger partial charge in [-0.05, 0) is 31.0 Å². The summed E-state index contributed by atoms with van der Waals surface area (Å²) in [5.74, 6) is -0.598. The average molecular weight is 347 g/mol. The van der Waals surface area contributed by atoms with E-state index in [4.69, 9.17) is 0 Å². The van der Waals surface area contributed by atoms with Gasteiger partial charge in [-0.2, -0.15) is 4.31 Å². The summed E-state index contributed by atoms with van der Waals surface area (Å²) in [7, 11) is -2.58. The molecule has 6 heteroatoms. The minimum Gasteiger partial charge on any atom is -0.468 e. The van der Waals surface area contributed by atoms with Crippen LogP contribution in [0.15, 0.2) is 53.4 Å². The molecule has 0 aliphatic rings. The van der Waals surface area contributed by atoms with Gasteiger partial charge >= 0.3 is 5.97 Å². The Morgan fingerprint density at radius 3 is 2.33 bits per heavy atom. The second-order valence-corrected chi connectivity index (χ2v) is 7.51. The first-order valence-corrected chi connectivity index (χ1v) is 8.96. The van der Waals surface area contributed by atoms with Crippen molar-refractivity contribution in [2.75, 3.05) is 13.7 Å². The van der Waals surface area contributed by atoms with Crippen LogP contribution in [0.1, 0.15) is 16.7 Å². The molecule has 0 fully saturated rings. The number of sulfonamides is 1. The van der Waals surface area contributed by atoms with E-state index in [1.165, 1.54) is 7.11 Å². The molecular formula is C18H21NO4S. The highest BCUT2D eigenvalue weighted by atomic mass is 32.2. The van der Waals surface area contributed by atoms with Gasteiger partial charge in [-0.15, -0.1) is 0 Å². The number of benzene rings is 2. The Bertz CT molecular complexity index is 816. The molecule has 24 heavy (non-hydrogen) atoms. The molecule has 5 nitrogen and oxygen atoms in total. The SMILES string of the molecule is COC(=O)CN(Cc1ccccc1)S(=O)(=O)c1ccc(C)cc1C. The van der Waals surface area contributed by atoms with Gasteiger partial charge in [-0.1, -0.05) is 48.0 Å². The standard InChI is InChI=1S/C18H21NO4S/c1-14-9-10-17(15(2)11-14)24(21,22)19(13-18(20)23-3)12-16-7-5-4-6-8-16/h4-11H,12-13H2,1-3H3. The van der Waals surface area contributed by atoms with Crippen molar-refractivity contribution in [2.45, 2.75) is 25.3 Å². The minimum absolute atomic E-state index is 0.103. The first-order chi connectivity index (χ1) is 11.3. The van der Waals surface area contributed by atoms with Crippen molar-refractivity contribution >= 4 is 16.0 Å². The highest BCUT2D eigenvalue weighted by Gasteiger charge is 2.28. The lowest BCUT2D eigenvalue weighted by Crippen LogP contribution is -2.36. The van der Waals surface area contributed by atoms with Gasteiger partial charge in [0.15, 0.2) is 0 Å². The number of carbonyl (C=O) groups is 1. The van der Waals surface area contributed by atoms with Crippen molar-refractivity contribution in [1.29, 1.82) is 0 Å². The van der Waals surface area contributed by atoms with E-state index in [-0.39, 0.29) is 18.0 Å². The fraction of sp³-hybridized carbons (Fsp3) is 0.278. The number of carbonyl (C=O) groups excluding carboxylic acids is 1. The number of nitrogens with zero attached hydrogens (tertiary/aromatic N) is 1. The Morgan fingerprint density at radius 2 is 1.75 bits per heavy atom. The second-order valence-electron chi connectivity index (χ2n) is 5.60. The van der Waals surface area contributed by atoms with Crippen LogP contribution < -0.4 is 0 Å². The molecule has 0 bridgehead atoms. The van der Waals surface area contributed by atoms with Crippen LogP contribution in [-0.2, 0) is 26.1 Å². The van der Waals surface area contributed by atoms with Gasteiger partial charge in [-0.3, -0.25) is 4.79 Å². The van der Waals surface area contributed by atoms with Gasteiger partial charge < -0.3 is 4.74 Å². The maximum Gasteiger partial charge on any atom is 0.321 e.